The van der Waals surface area contributed by atoms with Crippen LogP contribution in [0.4, 0.5) is 5.69 Å². The Labute approximate surface area is 107 Å². The minimum atomic E-state index is -0.188. The Morgan fingerprint density at radius 2 is 2.18 bits per heavy atom. The zero-order valence-electron chi connectivity index (χ0n) is 10.2. The summed E-state index contributed by atoms with van der Waals surface area (Å²) in [5, 5.41) is 2.89. The number of carbonyl (C=O) groups excluding carboxylic acids is 1. The van der Waals surface area contributed by atoms with E-state index in [1.54, 1.807) is 14.0 Å². The van der Waals surface area contributed by atoms with E-state index in [0.29, 0.717) is 12.5 Å². The number of nitrogens with one attached hydrogen (secondary N) is 1. The van der Waals surface area contributed by atoms with Gasteiger partial charge >= 0.3 is 0 Å². The standard InChI is InChI=1S/C13H18ClNO2/c1-10(9-14)13(16)15-12-6-4-3-5-11(12)7-8-17-2/h3-6,10H,7-9H2,1-2H3,(H,15,16). The molecule has 1 rings (SSSR count). The molecular formula is C13H18ClNO2. The highest BCUT2D eigenvalue weighted by Crippen LogP contribution is 2.17. The third kappa shape index (κ3) is 4.36. The molecule has 0 bridgehead atoms. The van der Waals surface area contributed by atoms with Crippen LogP contribution in [-0.2, 0) is 16.0 Å². The van der Waals surface area contributed by atoms with Crippen molar-refractivity contribution in [3.8, 4) is 0 Å². The molecule has 1 amide bonds. The summed E-state index contributed by atoms with van der Waals surface area (Å²) in [7, 11) is 1.66. The van der Waals surface area contributed by atoms with Gasteiger partial charge in [-0.05, 0) is 18.1 Å². The monoisotopic (exact) mass is 255 g/mol. The maximum Gasteiger partial charge on any atom is 0.228 e. The molecule has 1 unspecified atom stereocenters. The summed E-state index contributed by atoms with van der Waals surface area (Å²) in [4.78, 5) is 11.7. The Hall–Kier alpha value is -1.06. The van der Waals surface area contributed by atoms with E-state index in [4.69, 9.17) is 16.3 Å². The van der Waals surface area contributed by atoms with E-state index in [1.165, 1.54) is 0 Å². The molecule has 17 heavy (non-hydrogen) atoms. The predicted octanol–water partition coefficient (Wildman–Crippen LogP) is 2.69. The number of amides is 1. The number of rotatable bonds is 6. The number of para-hydroxylation sites is 1. The van der Waals surface area contributed by atoms with Crippen LogP contribution in [0.15, 0.2) is 24.3 Å². The molecule has 0 radical (unpaired) electrons. The Morgan fingerprint density at radius 3 is 2.82 bits per heavy atom. The minimum Gasteiger partial charge on any atom is -0.384 e. The van der Waals surface area contributed by atoms with Gasteiger partial charge < -0.3 is 10.1 Å². The van der Waals surface area contributed by atoms with E-state index in [0.717, 1.165) is 17.7 Å². The zero-order valence-corrected chi connectivity index (χ0v) is 11.0. The molecule has 3 nitrogen and oxygen atoms in total. The van der Waals surface area contributed by atoms with Crippen LogP contribution in [0, 0.1) is 5.92 Å². The Balaban J connectivity index is 2.72. The summed E-state index contributed by atoms with van der Waals surface area (Å²) in [5.74, 6) is 0.0866. The quantitative estimate of drug-likeness (QED) is 0.794. The van der Waals surface area contributed by atoms with Gasteiger partial charge in [0, 0.05) is 24.6 Å². The van der Waals surface area contributed by atoms with Crippen molar-refractivity contribution in [3.05, 3.63) is 29.8 Å². The largest absolute Gasteiger partial charge is 0.384 e. The second-order valence-electron chi connectivity index (χ2n) is 3.94. The van der Waals surface area contributed by atoms with Crippen LogP contribution < -0.4 is 5.32 Å². The highest BCUT2D eigenvalue weighted by atomic mass is 35.5. The molecule has 0 aliphatic rings. The van der Waals surface area contributed by atoms with Crippen LogP contribution in [0.1, 0.15) is 12.5 Å². The average molecular weight is 256 g/mol. The molecule has 0 fully saturated rings. The molecule has 0 saturated carbocycles. The molecule has 0 aromatic heterocycles. The molecule has 0 aliphatic heterocycles. The molecule has 1 atom stereocenters. The van der Waals surface area contributed by atoms with Crippen LogP contribution in [0.3, 0.4) is 0 Å². The first-order chi connectivity index (χ1) is 8.19. The summed E-state index contributed by atoms with van der Waals surface area (Å²) in [6, 6.07) is 7.73. The molecule has 1 aromatic carbocycles. The highest BCUT2D eigenvalue weighted by Gasteiger charge is 2.12. The molecule has 4 heteroatoms. The molecule has 94 valence electrons. The first kappa shape index (κ1) is 14.0. The van der Waals surface area contributed by atoms with Crippen LogP contribution in [0.25, 0.3) is 0 Å². The molecule has 0 heterocycles. The number of methoxy groups -OCH3 is 1. The van der Waals surface area contributed by atoms with Gasteiger partial charge in [0.1, 0.15) is 0 Å². The van der Waals surface area contributed by atoms with Crippen molar-refractivity contribution in [1.29, 1.82) is 0 Å². The number of halogens is 1. The Bertz CT molecular complexity index is 368. The molecule has 0 spiro atoms. The molecular weight excluding hydrogens is 238 g/mol. The topological polar surface area (TPSA) is 38.3 Å². The van der Waals surface area contributed by atoms with Crippen molar-refractivity contribution in [3.63, 3.8) is 0 Å². The number of carbonyl (C=O) groups is 1. The van der Waals surface area contributed by atoms with Gasteiger partial charge in [-0.25, -0.2) is 0 Å². The van der Waals surface area contributed by atoms with Gasteiger partial charge in [0.25, 0.3) is 0 Å². The van der Waals surface area contributed by atoms with Crippen molar-refractivity contribution >= 4 is 23.2 Å². The van der Waals surface area contributed by atoms with Gasteiger partial charge in [0.05, 0.1) is 6.61 Å². The summed E-state index contributed by atoms with van der Waals surface area (Å²) in [6.07, 6.45) is 0.780. The van der Waals surface area contributed by atoms with Crippen molar-refractivity contribution in [2.45, 2.75) is 13.3 Å². The third-order valence-electron chi connectivity index (χ3n) is 2.53. The fraction of sp³-hybridized carbons (Fsp3) is 0.462. The Morgan fingerprint density at radius 1 is 1.47 bits per heavy atom. The molecule has 0 aliphatic carbocycles. The van der Waals surface area contributed by atoms with Crippen molar-refractivity contribution in [1.82, 2.24) is 0 Å². The summed E-state index contributed by atoms with van der Waals surface area (Å²) >= 11 is 5.66. The van der Waals surface area contributed by atoms with E-state index in [9.17, 15) is 4.79 Å². The first-order valence-corrected chi connectivity index (χ1v) is 6.16. The first-order valence-electron chi connectivity index (χ1n) is 5.62. The zero-order chi connectivity index (χ0) is 12.7. The third-order valence-corrected chi connectivity index (χ3v) is 2.99. The van der Waals surface area contributed by atoms with Gasteiger partial charge in [0.15, 0.2) is 0 Å². The second-order valence-corrected chi connectivity index (χ2v) is 4.25. The lowest BCUT2D eigenvalue weighted by molar-refractivity contribution is -0.118. The maximum atomic E-state index is 11.7. The number of benzene rings is 1. The highest BCUT2D eigenvalue weighted by molar-refractivity contribution is 6.19. The van der Waals surface area contributed by atoms with E-state index in [2.05, 4.69) is 5.32 Å². The number of hydrogen-bond donors (Lipinski definition) is 1. The van der Waals surface area contributed by atoms with Gasteiger partial charge in [-0.15, -0.1) is 11.6 Å². The number of ether oxygens (including phenoxy) is 1. The lowest BCUT2D eigenvalue weighted by Gasteiger charge is -2.13. The molecule has 1 aromatic rings. The summed E-state index contributed by atoms with van der Waals surface area (Å²) < 4.78 is 5.04. The van der Waals surface area contributed by atoms with Gasteiger partial charge in [-0.2, -0.15) is 0 Å². The van der Waals surface area contributed by atoms with Gasteiger partial charge in [-0.3, -0.25) is 4.79 Å². The summed E-state index contributed by atoms with van der Waals surface area (Å²) in [6.45, 7) is 2.44. The van der Waals surface area contributed by atoms with E-state index in [-0.39, 0.29) is 11.8 Å². The number of hydrogen-bond acceptors (Lipinski definition) is 2. The maximum absolute atomic E-state index is 11.7. The Kier molecular flexibility index (Phi) is 6.01. The minimum absolute atomic E-state index is 0.0510. The molecule has 1 N–H and O–H groups in total. The lowest BCUT2D eigenvalue weighted by Crippen LogP contribution is -2.22. The number of anilines is 1. The predicted molar refractivity (Wildman–Crippen MR) is 70.5 cm³/mol. The van der Waals surface area contributed by atoms with Crippen molar-refractivity contribution in [2.24, 2.45) is 5.92 Å². The smallest absolute Gasteiger partial charge is 0.228 e. The van der Waals surface area contributed by atoms with E-state index >= 15 is 0 Å². The van der Waals surface area contributed by atoms with Crippen LogP contribution >= 0.6 is 11.6 Å². The average Bonchev–Trinajstić information content (AvgIpc) is 2.36. The number of alkyl halides is 1. The van der Waals surface area contributed by atoms with Crippen molar-refractivity contribution in [2.75, 3.05) is 24.9 Å². The van der Waals surface area contributed by atoms with Gasteiger partial charge in [-0.1, -0.05) is 25.1 Å². The lowest BCUT2D eigenvalue weighted by atomic mass is 10.1. The van der Waals surface area contributed by atoms with Crippen molar-refractivity contribution < 1.29 is 9.53 Å². The molecule has 0 saturated heterocycles. The fourth-order valence-corrected chi connectivity index (χ4v) is 1.54. The van der Waals surface area contributed by atoms with Crippen LogP contribution in [-0.4, -0.2) is 25.5 Å². The normalized spacial score (nSPS) is 12.2. The van der Waals surface area contributed by atoms with E-state index in [1.807, 2.05) is 24.3 Å². The van der Waals surface area contributed by atoms with Crippen LogP contribution in [0.2, 0.25) is 0 Å². The summed E-state index contributed by atoms with van der Waals surface area (Å²) in [5.41, 5.74) is 1.91. The fourth-order valence-electron chi connectivity index (χ4n) is 1.40. The second kappa shape index (κ2) is 7.30. The SMILES string of the molecule is COCCc1ccccc1NC(=O)C(C)CCl. The van der Waals surface area contributed by atoms with Crippen LogP contribution in [0.5, 0.6) is 0 Å². The van der Waals surface area contributed by atoms with Gasteiger partial charge in [0.2, 0.25) is 5.91 Å². The van der Waals surface area contributed by atoms with E-state index < -0.39 is 0 Å².